The minimum Gasteiger partial charge on any atom is -0.390 e. The lowest BCUT2D eigenvalue weighted by Gasteiger charge is -2.57. The minimum absolute atomic E-state index is 0.0248. The number of fused-ring (bicyclic) bond motifs is 5. The lowest BCUT2D eigenvalue weighted by molar-refractivity contribution is -0.132. The van der Waals surface area contributed by atoms with E-state index in [1.807, 2.05) is 6.92 Å². The molecule has 4 aliphatic rings. The van der Waals surface area contributed by atoms with E-state index in [0.717, 1.165) is 50.9 Å². The van der Waals surface area contributed by atoms with E-state index in [-0.39, 0.29) is 10.8 Å². The molecule has 0 aromatic rings. The van der Waals surface area contributed by atoms with Crippen LogP contribution in [-0.2, 0) is 4.79 Å². The summed E-state index contributed by atoms with van der Waals surface area (Å²) in [6, 6.07) is 0. The average Bonchev–Trinajstić information content (AvgIpc) is 2.76. The van der Waals surface area contributed by atoms with Crippen molar-refractivity contribution in [1.29, 1.82) is 0 Å². The third-order valence-corrected chi connectivity index (χ3v) is 8.09. The van der Waals surface area contributed by atoms with E-state index in [1.54, 1.807) is 0 Å². The van der Waals surface area contributed by atoms with Crippen LogP contribution in [0.1, 0.15) is 72.1 Å². The Hall–Kier alpha value is -0.630. The Morgan fingerprint density at radius 2 is 1.77 bits per heavy atom. The molecule has 0 aliphatic heterocycles. The van der Waals surface area contributed by atoms with Gasteiger partial charge < -0.3 is 5.11 Å². The predicted octanol–water partition coefficient (Wildman–Crippen LogP) is 4.27. The molecule has 122 valence electrons. The molecule has 6 atom stereocenters. The molecule has 3 unspecified atom stereocenters. The Kier molecular flexibility index (Phi) is 3.03. The number of hydrogen-bond acceptors (Lipinski definition) is 2. The van der Waals surface area contributed by atoms with Crippen molar-refractivity contribution in [3.8, 4) is 0 Å². The number of Topliss-reactive ketones (excluding diaryl/α,β-unsaturated/α-hetero) is 1. The second kappa shape index (κ2) is 4.47. The van der Waals surface area contributed by atoms with Crippen molar-refractivity contribution in [1.82, 2.24) is 0 Å². The Morgan fingerprint density at radius 1 is 1.05 bits per heavy atom. The number of carbonyl (C=O) groups is 1. The van der Waals surface area contributed by atoms with E-state index in [2.05, 4.69) is 19.9 Å². The Bertz CT molecular complexity index is 546. The highest BCUT2D eigenvalue weighted by Gasteiger charge is 2.59. The Labute approximate surface area is 134 Å². The van der Waals surface area contributed by atoms with E-state index < -0.39 is 5.60 Å². The van der Waals surface area contributed by atoms with Crippen LogP contribution >= 0.6 is 0 Å². The highest BCUT2D eigenvalue weighted by molar-refractivity contribution is 5.87. The Balaban J connectivity index is 1.69. The fraction of sp³-hybridized carbons (Fsp3) is 0.850. The molecule has 0 spiro atoms. The van der Waals surface area contributed by atoms with Gasteiger partial charge in [-0.1, -0.05) is 25.5 Å². The molecule has 0 bridgehead atoms. The summed E-state index contributed by atoms with van der Waals surface area (Å²) < 4.78 is 0. The molecule has 0 aromatic heterocycles. The van der Waals surface area contributed by atoms with Crippen molar-refractivity contribution in [3.63, 3.8) is 0 Å². The van der Waals surface area contributed by atoms with Gasteiger partial charge in [-0.05, 0) is 75.0 Å². The van der Waals surface area contributed by atoms with Crippen molar-refractivity contribution in [3.05, 3.63) is 11.6 Å². The molecular weight excluding hydrogens is 272 g/mol. The molecule has 2 nitrogen and oxygen atoms in total. The van der Waals surface area contributed by atoms with E-state index in [0.29, 0.717) is 17.6 Å². The summed E-state index contributed by atoms with van der Waals surface area (Å²) in [5.41, 5.74) is 1.25. The third kappa shape index (κ3) is 1.85. The van der Waals surface area contributed by atoms with Crippen molar-refractivity contribution < 1.29 is 9.90 Å². The van der Waals surface area contributed by atoms with Crippen LogP contribution in [-0.4, -0.2) is 16.5 Å². The van der Waals surface area contributed by atoms with Crippen molar-refractivity contribution in [2.75, 3.05) is 0 Å². The van der Waals surface area contributed by atoms with Gasteiger partial charge in [0, 0.05) is 11.8 Å². The second-order valence-corrected chi connectivity index (χ2v) is 9.35. The largest absolute Gasteiger partial charge is 0.390 e. The van der Waals surface area contributed by atoms with Gasteiger partial charge in [0.15, 0.2) is 0 Å². The van der Waals surface area contributed by atoms with Crippen molar-refractivity contribution >= 4 is 5.78 Å². The molecule has 2 heteroatoms. The van der Waals surface area contributed by atoms with Gasteiger partial charge in [-0.2, -0.15) is 0 Å². The molecule has 0 aromatic carbocycles. The first kappa shape index (κ1) is 14.9. The van der Waals surface area contributed by atoms with Gasteiger partial charge >= 0.3 is 0 Å². The fourth-order valence-electron chi connectivity index (χ4n) is 6.58. The molecular formula is C20H30O2. The quantitative estimate of drug-likeness (QED) is 0.679. The molecule has 1 N–H and O–H groups in total. The summed E-state index contributed by atoms with van der Waals surface area (Å²) in [7, 11) is 0. The zero-order chi connectivity index (χ0) is 15.8. The van der Waals surface area contributed by atoms with Crippen molar-refractivity contribution in [2.45, 2.75) is 77.7 Å². The van der Waals surface area contributed by atoms with Crippen LogP contribution in [0.15, 0.2) is 11.6 Å². The number of aliphatic hydroxyl groups is 1. The number of allylic oxidation sites excluding steroid dienone is 1. The Morgan fingerprint density at radius 3 is 2.55 bits per heavy atom. The normalized spacial score (nSPS) is 54.3. The summed E-state index contributed by atoms with van der Waals surface area (Å²) in [5.74, 6) is 2.56. The highest BCUT2D eigenvalue weighted by atomic mass is 16.3. The smallest absolute Gasteiger partial charge is 0.139 e. The standard InChI is InChI=1S/C20H30O2/c1-18(22)10-11-19(2)13(12-18)4-5-14-15-6-7-17(21)20(15,3)9-8-16(14)19/h4,14-16,22H,5-12H2,1-3H3/t14-,15?,16?,18-,19?,20-/m0/s1. The zero-order valence-electron chi connectivity index (χ0n) is 14.3. The van der Waals surface area contributed by atoms with E-state index >= 15 is 0 Å². The number of hydrogen-bond donors (Lipinski definition) is 1. The SMILES string of the molecule is CC12CC[C@](C)(O)CC1=CC[C@@H]1C2CC[C@]2(C)C(=O)CCC12. The maximum Gasteiger partial charge on any atom is 0.139 e. The van der Waals surface area contributed by atoms with E-state index in [9.17, 15) is 9.90 Å². The molecule has 3 fully saturated rings. The predicted molar refractivity (Wildman–Crippen MR) is 87.3 cm³/mol. The number of ketones is 1. The third-order valence-electron chi connectivity index (χ3n) is 8.09. The molecule has 0 radical (unpaired) electrons. The molecule has 0 heterocycles. The van der Waals surface area contributed by atoms with E-state index in [1.165, 1.54) is 12.0 Å². The minimum atomic E-state index is -0.509. The van der Waals surface area contributed by atoms with E-state index in [4.69, 9.17) is 0 Å². The van der Waals surface area contributed by atoms with Crippen LogP contribution in [0, 0.1) is 28.6 Å². The van der Waals surface area contributed by atoms with Gasteiger partial charge in [-0.25, -0.2) is 0 Å². The summed E-state index contributed by atoms with van der Waals surface area (Å²) in [4.78, 5) is 12.4. The first-order chi connectivity index (χ1) is 10.3. The molecule has 22 heavy (non-hydrogen) atoms. The van der Waals surface area contributed by atoms with Gasteiger partial charge in [0.2, 0.25) is 0 Å². The monoisotopic (exact) mass is 302 g/mol. The van der Waals surface area contributed by atoms with Gasteiger partial charge in [-0.15, -0.1) is 0 Å². The fourth-order valence-corrected chi connectivity index (χ4v) is 6.58. The van der Waals surface area contributed by atoms with Gasteiger partial charge in [0.25, 0.3) is 0 Å². The summed E-state index contributed by atoms with van der Waals surface area (Å²) in [6.07, 6.45) is 10.7. The first-order valence-corrected chi connectivity index (χ1v) is 9.21. The lowest BCUT2D eigenvalue weighted by Crippen LogP contribution is -2.51. The second-order valence-electron chi connectivity index (χ2n) is 9.35. The first-order valence-electron chi connectivity index (χ1n) is 9.21. The van der Waals surface area contributed by atoms with Crippen LogP contribution in [0.5, 0.6) is 0 Å². The molecule has 0 amide bonds. The highest BCUT2D eigenvalue weighted by Crippen LogP contribution is 2.64. The lowest BCUT2D eigenvalue weighted by atomic mass is 9.47. The summed E-state index contributed by atoms with van der Waals surface area (Å²) >= 11 is 0. The number of rotatable bonds is 0. The van der Waals surface area contributed by atoms with Crippen LogP contribution in [0.3, 0.4) is 0 Å². The summed E-state index contributed by atoms with van der Waals surface area (Å²) in [5, 5.41) is 10.5. The number of carbonyl (C=O) groups excluding carboxylic acids is 1. The van der Waals surface area contributed by atoms with Crippen molar-refractivity contribution in [2.24, 2.45) is 28.6 Å². The summed E-state index contributed by atoms with van der Waals surface area (Å²) in [6.45, 7) is 6.69. The maximum atomic E-state index is 12.4. The van der Waals surface area contributed by atoms with Crippen LogP contribution in [0.2, 0.25) is 0 Å². The molecule has 0 saturated heterocycles. The van der Waals surface area contributed by atoms with Crippen LogP contribution in [0.25, 0.3) is 0 Å². The van der Waals surface area contributed by atoms with Crippen LogP contribution in [0.4, 0.5) is 0 Å². The maximum absolute atomic E-state index is 12.4. The zero-order valence-corrected chi connectivity index (χ0v) is 14.3. The van der Waals surface area contributed by atoms with Gasteiger partial charge in [0.05, 0.1) is 5.60 Å². The molecule has 4 rings (SSSR count). The topological polar surface area (TPSA) is 37.3 Å². The molecule has 4 aliphatic carbocycles. The average molecular weight is 302 g/mol. The van der Waals surface area contributed by atoms with Crippen LogP contribution < -0.4 is 0 Å². The molecule has 3 saturated carbocycles. The van der Waals surface area contributed by atoms with Gasteiger partial charge in [0.1, 0.15) is 5.78 Å². The van der Waals surface area contributed by atoms with Gasteiger partial charge in [-0.3, -0.25) is 4.79 Å².